The van der Waals surface area contributed by atoms with E-state index in [0.29, 0.717) is 6.04 Å². The molecule has 1 atom stereocenters. The van der Waals surface area contributed by atoms with Gasteiger partial charge in [0.25, 0.3) is 0 Å². The summed E-state index contributed by atoms with van der Waals surface area (Å²) in [7, 11) is 0. The van der Waals surface area contributed by atoms with Gasteiger partial charge in [-0.2, -0.15) is 0 Å². The summed E-state index contributed by atoms with van der Waals surface area (Å²) in [6.07, 6.45) is 7.80. The van der Waals surface area contributed by atoms with E-state index in [2.05, 4.69) is 62.2 Å². The maximum Gasteiger partial charge on any atom is 0.203 e. The number of anilines is 1. The van der Waals surface area contributed by atoms with Crippen molar-refractivity contribution in [1.82, 2.24) is 24.5 Å². The van der Waals surface area contributed by atoms with Gasteiger partial charge in [0, 0.05) is 38.1 Å². The van der Waals surface area contributed by atoms with Gasteiger partial charge in [-0.25, -0.2) is 4.98 Å². The Morgan fingerprint density at radius 3 is 2.88 bits per heavy atom. The third-order valence-electron chi connectivity index (χ3n) is 4.96. The number of piperazine rings is 1. The fraction of sp³-hybridized carbons (Fsp3) is 0.421. The van der Waals surface area contributed by atoms with Crippen molar-refractivity contribution in [3.8, 4) is 0 Å². The molecule has 0 bridgehead atoms. The lowest BCUT2D eigenvalue weighted by Gasteiger charge is -2.40. The van der Waals surface area contributed by atoms with E-state index in [0.717, 1.165) is 44.1 Å². The minimum atomic E-state index is 0.417. The predicted molar refractivity (Wildman–Crippen MR) is 98.8 cm³/mol. The van der Waals surface area contributed by atoms with E-state index >= 15 is 0 Å². The molecule has 0 unspecified atom stereocenters. The molecule has 0 spiro atoms. The van der Waals surface area contributed by atoms with Gasteiger partial charge in [0.1, 0.15) is 6.33 Å². The van der Waals surface area contributed by atoms with Crippen molar-refractivity contribution in [1.29, 1.82) is 0 Å². The highest BCUT2D eigenvalue weighted by molar-refractivity contribution is 5.63. The highest BCUT2D eigenvalue weighted by Crippen LogP contribution is 2.22. The molecule has 3 aromatic rings. The van der Waals surface area contributed by atoms with Crippen LogP contribution < -0.4 is 4.90 Å². The zero-order chi connectivity index (χ0) is 17.1. The molecule has 0 aliphatic carbocycles. The molecular weight excluding hydrogens is 312 g/mol. The van der Waals surface area contributed by atoms with Crippen molar-refractivity contribution in [2.45, 2.75) is 25.8 Å². The standard InChI is InChI=1S/C19H24N6/c1-16-14-23(10-5-8-17-6-3-2-4-7-17)12-13-25(16)18-19-22-21-15-24(19)11-9-20-18/h2-4,6-7,9,11,15-16H,5,8,10,12-14H2,1H3/t16-/m0/s1. The molecule has 0 amide bonds. The highest BCUT2D eigenvalue weighted by Gasteiger charge is 2.26. The van der Waals surface area contributed by atoms with Crippen LogP contribution in [0.4, 0.5) is 5.82 Å². The monoisotopic (exact) mass is 336 g/mol. The first kappa shape index (κ1) is 16.0. The Kier molecular flexibility index (Phi) is 4.61. The van der Waals surface area contributed by atoms with Crippen molar-refractivity contribution < 1.29 is 0 Å². The summed E-state index contributed by atoms with van der Waals surface area (Å²) in [6.45, 7) is 6.52. The van der Waals surface area contributed by atoms with Crippen molar-refractivity contribution >= 4 is 11.5 Å². The van der Waals surface area contributed by atoms with Crippen LogP contribution in [0.2, 0.25) is 0 Å². The number of hydrogen-bond donors (Lipinski definition) is 0. The van der Waals surface area contributed by atoms with Crippen molar-refractivity contribution in [2.75, 3.05) is 31.1 Å². The molecule has 1 fully saturated rings. The minimum absolute atomic E-state index is 0.417. The lowest BCUT2D eigenvalue weighted by atomic mass is 10.1. The van der Waals surface area contributed by atoms with Gasteiger partial charge in [-0.15, -0.1) is 10.2 Å². The number of aryl methyl sites for hydroxylation is 1. The van der Waals surface area contributed by atoms with Crippen LogP contribution in [0, 0.1) is 0 Å². The summed E-state index contributed by atoms with van der Waals surface area (Å²) < 4.78 is 1.93. The molecule has 1 aliphatic rings. The maximum atomic E-state index is 4.56. The second kappa shape index (κ2) is 7.19. The number of benzene rings is 1. The molecular formula is C19H24N6. The molecule has 6 heteroatoms. The van der Waals surface area contributed by atoms with E-state index in [1.54, 1.807) is 6.33 Å². The second-order valence-corrected chi connectivity index (χ2v) is 6.74. The van der Waals surface area contributed by atoms with E-state index in [1.807, 2.05) is 16.8 Å². The number of hydrogen-bond acceptors (Lipinski definition) is 5. The Morgan fingerprint density at radius 1 is 1.16 bits per heavy atom. The van der Waals surface area contributed by atoms with Crippen LogP contribution in [-0.4, -0.2) is 56.7 Å². The molecule has 25 heavy (non-hydrogen) atoms. The zero-order valence-electron chi connectivity index (χ0n) is 14.6. The molecule has 4 rings (SSSR count). The molecule has 1 aromatic carbocycles. The normalized spacial score (nSPS) is 18.8. The molecule has 0 N–H and O–H groups in total. The third-order valence-corrected chi connectivity index (χ3v) is 4.96. The van der Waals surface area contributed by atoms with Crippen LogP contribution in [0.1, 0.15) is 18.9 Å². The van der Waals surface area contributed by atoms with Crippen molar-refractivity contribution in [3.05, 3.63) is 54.6 Å². The van der Waals surface area contributed by atoms with Crippen LogP contribution in [0.5, 0.6) is 0 Å². The van der Waals surface area contributed by atoms with Gasteiger partial charge in [0.15, 0.2) is 5.82 Å². The summed E-state index contributed by atoms with van der Waals surface area (Å²) >= 11 is 0. The first-order valence-corrected chi connectivity index (χ1v) is 8.98. The van der Waals surface area contributed by atoms with E-state index in [4.69, 9.17) is 0 Å². The first-order chi connectivity index (χ1) is 12.3. The van der Waals surface area contributed by atoms with Gasteiger partial charge in [0.05, 0.1) is 0 Å². The number of fused-ring (bicyclic) bond motifs is 1. The largest absolute Gasteiger partial charge is 0.348 e. The predicted octanol–water partition coefficient (Wildman–Crippen LogP) is 2.27. The Bertz CT molecular complexity index is 815. The second-order valence-electron chi connectivity index (χ2n) is 6.74. The lowest BCUT2D eigenvalue weighted by Crippen LogP contribution is -2.52. The molecule has 2 aromatic heterocycles. The zero-order valence-corrected chi connectivity index (χ0v) is 14.6. The van der Waals surface area contributed by atoms with Gasteiger partial charge < -0.3 is 4.90 Å². The topological polar surface area (TPSA) is 49.6 Å². The van der Waals surface area contributed by atoms with Crippen molar-refractivity contribution in [2.24, 2.45) is 0 Å². The third kappa shape index (κ3) is 3.49. The lowest BCUT2D eigenvalue weighted by molar-refractivity contribution is 0.226. The van der Waals surface area contributed by atoms with Gasteiger partial charge in [-0.1, -0.05) is 30.3 Å². The van der Waals surface area contributed by atoms with Crippen LogP contribution in [0.25, 0.3) is 5.65 Å². The van der Waals surface area contributed by atoms with Crippen LogP contribution in [0.3, 0.4) is 0 Å². The fourth-order valence-electron chi connectivity index (χ4n) is 3.65. The maximum absolute atomic E-state index is 4.56. The smallest absolute Gasteiger partial charge is 0.203 e. The van der Waals surface area contributed by atoms with E-state index in [9.17, 15) is 0 Å². The summed E-state index contributed by atoms with van der Waals surface area (Å²) in [5, 5.41) is 8.23. The summed E-state index contributed by atoms with van der Waals surface area (Å²) in [4.78, 5) is 9.49. The minimum Gasteiger partial charge on any atom is -0.348 e. The van der Waals surface area contributed by atoms with Gasteiger partial charge >= 0.3 is 0 Å². The fourth-order valence-corrected chi connectivity index (χ4v) is 3.65. The molecule has 1 aliphatic heterocycles. The van der Waals surface area contributed by atoms with Crippen LogP contribution >= 0.6 is 0 Å². The van der Waals surface area contributed by atoms with Gasteiger partial charge in [-0.3, -0.25) is 9.30 Å². The molecule has 6 nitrogen and oxygen atoms in total. The first-order valence-electron chi connectivity index (χ1n) is 8.98. The number of nitrogens with zero attached hydrogens (tertiary/aromatic N) is 6. The SMILES string of the molecule is C[C@H]1CN(CCCc2ccccc2)CCN1c1nccn2cnnc12. The molecule has 3 heterocycles. The molecule has 130 valence electrons. The summed E-state index contributed by atoms with van der Waals surface area (Å²) in [5.74, 6) is 0.941. The van der Waals surface area contributed by atoms with Gasteiger partial charge in [-0.05, 0) is 31.9 Å². The Morgan fingerprint density at radius 2 is 2.04 bits per heavy atom. The average molecular weight is 336 g/mol. The summed E-state index contributed by atoms with van der Waals surface area (Å²) in [5.41, 5.74) is 2.27. The molecule has 0 radical (unpaired) electrons. The number of rotatable bonds is 5. The van der Waals surface area contributed by atoms with Crippen LogP contribution in [-0.2, 0) is 6.42 Å². The van der Waals surface area contributed by atoms with E-state index in [1.165, 1.54) is 12.0 Å². The molecule has 0 saturated carbocycles. The van der Waals surface area contributed by atoms with E-state index < -0.39 is 0 Å². The Hall–Kier alpha value is -2.47. The average Bonchev–Trinajstić information content (AvgIpc) is 3.12. The summed E-state index contributed by atoms with van der Waals surface area (Å²) in [6, 6.07) is 11.2. The van der Waals surface area contributed by atoms with Crippen molar-refractivity contribution in [3.63, 3.8) is 0 Å². The number of aromatic nitrogens is 4. The van der Waals surface area contributed by atoms with E-state index in [-0.39, 0.29) is 0 Å². The van der Waals surface area contributed by atoms with Gasteiger partial charge in [0.2, 0.25) is 5.65 Å². The highest BCUT2D eigenvalue weighted by atomic mass is 15.3. The van der Waals surface area contributed by atoms with Crippen LogP contribution in [0.15, 0.2) is 49.1 Å². The quantitative estimate of drug-likeness (QED) is 0.715. The Balaban J connectivity index is 1.35. The Labute approximate surface area is 148 Å². The molecule has 1 saturated heterocycles.